The van der Waals surface area contributed by atoms with Gasteiger partial charge < -0.3 is 15.1 Å². The Labute approximate surface area is 165 Å². The average Bonchev–Trinajstić information content (AvgIpc) is 3.23. The zero-order valence-electron chi connectivity index (χ0n) is 15.8. The smallest absolute Gasteiger partial charge is 0.321 e. The molecule has 0 atom stereocenters. The Balaban J connectivity index is 1.33. The second kappa shape index (κ2) is 8.76. The number of urea groups is 1. The van der Waals surface area contributed by atoms with Crippen molar-refractivity contribution >= 4 is 28.7 Å². The van der Waals surface area contributed by atoms with Crippen LogP contribution in [0.2, 0.25) is 0 Å². The molecule has 0 radical (unpaired) electrons. The molecule has 4 rings (SSSR count). The SMILES string of the molecule is O=C(Nc1ccccc1N1CCCCC1)N1CCN(Cc2cccs2)CC1. The molecule has 6 heteroatoms. The molecule has 2 amide bonds. The van der Waals surface area contributed by atoms with Crippen molar-refractivity contribution < 1.29 is 4.79 Å². The highest BCUT2D eigenvalue weighted by molar-refractivity contribution is 7.09. The summed E-state index contributed by atoms with van der Waals surface area (Å²) >= 11 is 1.80. The minimum Gasteiger partial charge on any atom is -0.370 e. The molecule has 144 valence electrons. The van der Waals surface area contributed by atoms with Gasteiger partial charge in [-0.05, 0) is 42.8 Å². The van der Waals surface area contributed by atoms with Crippen LogP contribution in [0.25, 0.3) is 0 Å². The van der Waals surface area contributed by atoms with Crippen molar-refractivity contribution in [2.75, 3.05) is 49.5 Å². The molecule has 2 fully saturated rings. The van der Waals surface area contributed by atoms with Crippen LogP contribution in [0.5, 0.6) is 0 Å². The van der Waals surface area contributed by atoms with Crippen molar-refractivity contribution in [1.29, 1.82) is 0 Å². The van der Waals surface area contributed by atoms with E-state index in [-0.39, 0.29) is 6.03 Å². The minimum absolute atomic E-state index is 0.0234. The molecule has 1 aromatic heterocycles. The number of para-hydroxylation sites is 2. The molecule has 3 heterocycles. The first kappa shape index (κ1) is 18.3. The molecule has 2 aliphatic rings. The van der Waals surface area contributed by atoms with E-state index in [2.05, 4.69) is 44.8 Å². The van der Waals surface area contributed by atoms with E-state index < -0.39 is 0 Å². The van der Waals surface area contributed by atoms with Gasteiger partial charge in [-0.25, -0.2) is 4.79 Å². The summed E-state index contributed by atoms with van der Waals surface area (Å²) in [5.41, 5.74) is 2.09. The standard InChI is InChI=1S/C21H28N4OS/c26-21(25-14-12-23(13-15-25)17-18-7-6-16-27-18)22-19-8-2-3-9-20(19)24-10-4-1-5-11-24/h2-3,6-9,16H,1,4-5,10-15,17H2,(H,22,26). The third-order valence-electron chi connectivity index (χ3n) is 5.46. The summed E-state index contributed by atoms with van der Waals surface area (Å²) in [6.07, 6.45) is 3.77. The maximum Gasteiger partial charge on any atom is 0.321 e. The van der Waals surface area contributed by atoms with Gasteiger partial charge in [-0.2, -0.15) is 0 Å². The highest BCUT2D eigenvalue weighted by Gasteiger charge is 2.23. The number of thiophene rings is 1. The fraction of sp³-hybridized carbons (Fsp3) is 0.476. The maximum atomic E-state index is 12.8. The highest BCUT2D eigenvalue weighted by Crippen LogP contribution is 2.28. The number of amides is 2. The number of nitrogens with zero attached hydrogens (tertiary/aromatic N) is 3. The van der Waals surface area contributed by atoms with E-state index in [9.17, 15) is 4.79 Å². The highest BCUT2D eigenvalue weighted by atomic mass is 32.1. The maximum absolute atomic E-state index is 12.8. The van der Waals surface area contributed by atoms with Crippen LogP contribution in [-0.4, -0.2) is 55.1 Å². The molecule has 0 unspecified atom stereocenters. The zero-order chi connectivity index (χ0) is 18.5. The van der Waals surface area contributed by atoms with Crippen LogP contribution >= 0.6 is 11.3 Å². The molecule has 5 nitrogen and oxygen atoms in total. The van der Waals surface area contributed by atoms with E-state index in [1.54, 1.807) is 11.3 Å². The Morgan fingerprint density at radius 2 is 1.70 bits per heavy atom. The molecule has 2 aromatic rings. The summed E-state index contributed by atoms with van der Waals surface area (Å²) in [4.78, 5) is 21.0. The molecular weight excluding hydrogens is 356 g/mol. The number of rotatable bonds is 4. The molecule has 2 aliphatic heterocycles. The van der Waals surface area contributed by atoms with E-state index in [4.69, 9.17) is 0 Å². The predicted molar refractivity (Wildman–Crippen MR) is 113 cm³/mol. The lowest BCUT2D eigenvalue weighted by molar-refractivity contribution is 0.143. The summed E-state index contributed by atoms with van der Waals surface area (Å²) in [6, 6.07) is 12.5. The van der Waals surface area contributed by atoms with Gasteiger partial charge in [0.1, 0.15) is 0 Å². The molecular formula is C21H28N4OS. The summed E-state index contributed by atoms with van der Waals surface area (Å²) in [6.45, 7) is 6.57. The topological polar surface area (TPSA) is 38.8 Å². The number of piperidine rings is 1. The van der Waals surface area contributed by atoms with E-state index in [0.717, 1.165) is 57.2 Å². The van der Waals surface area contributed by atoms with Crippen molar-refractivity contribution in [1.82, 2.24) is 9.80 Å². The lowest BCUT2D eigenvalue weighted by Gasteiger charge is -2.35. The Bertz CT molecular complexity index is 734. The van der Waals surface area contributed by atoms with Gasteiger partial charge in [0.15, 0.2) is 0 Å². The second-order valence-electron chi connectivity index (χ2n) is 7.34. The van der Waals surface area contributed by atoms with Crippen LogP contribution in [0, 0.1) is 0 Å². The van der Waals surface area contributed by atoms with E-state index >= 15 is 0 Å². The number of anilines is 2. The minimum atomic E-state index is 0.0234. The molecule has 0 bridgehead atoms. The van der Waals surface area contributed by atoms with Gasteiger partial charge >= 0.3 is 6.03 Å². The number of benzene rings is 1. The summed E-state index contributed by atoms with van der Waals surface area (Å²) in [7, 11) is 0. The Hall–Kier alpha value is -2.05. The molecule has 1 N–H and O–H groups in total. The van der Waals surface area contributed by atoms with Crippen LogP contribution in [0.4, 0.5) is 16.2 Å². The Morgan fingerprint density at radius 3 is 2.44 bits per heavy atom. The number of carbonyl (C=O) groups excluding carboxylic acids is 1. The fourth-order valence-corrected chi connectivity index (χ4v) is 4.66. The monoisotopic (exact) mass is 384 g/mol. The number of carbonyl (C=O) groups is 1. The van der Waals surface area contributed by atoms with Crippen LogP contribution in [0.1, 0.15) is 24.1 Å². The summed E-state index contributed by atoms with van der Waals surface area (Å²) in [5, 5.41) is 5.29. The lowest BCUT2D eigenvalue weighted by atomic mass is 10.1. The van der Waals surface area contributed by atoms with Gasteiger partial charge in [0.05, 0.1) is 11.4 Å². The zero-order valence-corrected chi connectivity index (χ0v) is 16.6. The average molecular weight is 385 g/mol. The molecule has 27 heavy (non-hydrogen) atoms. The molecule has 0 saturated carbocycles. The van der Waals surface area contributed by atoms with E-state index in [0.29, 0.717) is 0 Å². The van der Waals surface area contributed by atoms with Crippen molar-refractivity contribution in [2.24, 2.45) is 0 Å². The number of hydrogen-bond acceptors (Lipinski definition) is 4. The first-order valence-corrected chi connectivity index (χ1v) is 10.8. The van der Waals surface area contributed by atoms with Crippen molar-refractivity contribution in [2.45, 2.75) is 25.8 Å². The van der Waals surface area contributed by atoms with Gasteiger partial charge in [-0.3, -0.25) is 4.90 Å². The third-order valence-corrected chi connectivity index (χ3v) is 6.32. The fourth-order valence-electron chi connectivity index (χ4n) is 3.92. The first-order valence-electron chi connectivity index (χ1n) is 9.94. The molecule has 0 aliphatic carbocycles. The second-order valence-corrected chi connectivity index (χ2v) is 8.37. The van der Waals surface area contributed by atoms with Gasteiger partial charge in [-0.15, -0.1) is 11.3 Å². The predicted octanol–water partition coefficient (Wildman–Crippen LogP) is 4.09. The van der Waals surface area contributed by atoms with Crippen molar-refractivity contribution in [3.63, 3.8) is 0 Å². The van der Waals surface area contributed by atoms with E-state index in [1.807, 2.05) is 17.0 Å². The van der Waals surface area contributed by atoms with Crippen LogP contribution in [-0.2, 0) is 6.54 Å². The van der Waals surface area contributed by atoms with E-state index in [1.165, 1.54) is 24.1 Å². The van der Waals surface area contributed by atoms with Gasteiger partial charge in [-0.1, -0.05) is 18.2 Å². The molecule has 2 saturated heterocycles. The Kier molecular flexibility index (Phi) is 5.94. The summed E-state index contributed by atoms with van der Waals surface area (Å²) < 4.78 is 0. The van der Waals surface area contributed by atoms with Crippen molar-refractivity contribution in [3.05, 3.63) is 46.7 Å². The van der Waals surface area contributed by atoms with Crippen LogP contribution in [0.3, 0.4) is 0 Å². The number of piperazine rings is 1. The number of hydrogen-bond donors (Lipinski definition) is 1. The third kappa shape index (κ3) is 4.62. The summed E-state index contributed by atoms with van der Waals surface area (Å²) in [5.74, 6) is 0. The lowest BCUT2D eigenvalue weighted by Crippen LogP contribution is -2.49. The Morgan fingerprint density at radius 1 is 0.926 bits per heavy atom. The van der Waals surface area contributed by atoms with Crippen LogP contribution in [0.15, 0.2) is 41.8 Å². The van der Waals surface area contributed by atoms with Crippen molar-refractivity contribution in [3.8, 4) is 0 Å². The molecule has 1 aromatic carbocycles. The largest absolute Gasteiger partial charge is 0.370 e. The van der Waals surface area contributed by atoms with Crippen LogP contribution < -0.4 is 10.2 Å². The van der Waals surface area contributed by atoms with Gasteiger partial charge in [0.2, 0.25) is 0 Å². The van der Waals surface area contributed by atoms with Gasteiger partial charge in [0.25, 0.3) is 0 Å². The quantitative estimate of drug-likeness (QED) is 0.863. The first-order chi connectivity index (χ1) is 13.3. The molecule has 0 spiro atoms. The van der Waals surface area contributed by atoms with Gasteiger partial charge in [0, 0.05) is 50.7 Å². The normalized spacial score (nSPS) is 18.5. The number of nitrogens with one attached hydrogen (secondary N) is 1.